The van der Waals surface area contributed by atoms with E-state index in [1.807, 2.05) is 60.7 Å². The molecule has 4 amide bonds. The standard InChI is InChI=1S/C41H50N6O7/c1-27(2)35(46-40(51)53-25-31-19-11-13-21-42-31)38(49)44-33(23-29-15-7-5-8-16-29)37(48)34(24-30-17-9-6-10-18-30)45-39(50)36(28(3)4)47-41(52)54-26-32-20-12-14-22-43-32/h5-22,27-28,33-37,48H,23-26H2,1-4H3,(H,44,49)(H,45,50)(H,46,51)(H,47,52)/t33-,34-,35-,36+,37?/m0/s1. The van der Waals surface area contributed by atoms with Crippen molar-refractivity contribution in [3.8, 4) is 0 Å². The highest BCUT2D eigenvalue weighted by molar-refractivity contribution is 5.87. The van der Waals surface area contributed by atoms with Crippen molar-refractivity contribution in [2.75, 3.05) is 0 Å². The van der Waals surface area contributed by atoms with Gasteiger partial charge in [0, 0.05) is 12.4 Å². The Hall–Kier alpha value is -5.82. The number of nitrogens with one attached hydrogen (secondary N) is 4. The van der Waals surface area contributed by atoms with Crippen molar-refractivity contribution in [1.29, 1.82) is 0 Å². The van der Waals surface area contributed by atoms with Gasteiger partial charge in [-0.2, -0.15) is 0 Å². The highest BCUT2D eigenvalue weighted by Gasteiger charge is 2.36. The molecule has 54 heavy (non-hydrogen) atoms. The van der Waals surface area contributed by atoms with E-state index < -0.39 is 54.3 Å². The Morgan fingerprint density at radius 3 is 1.26 bits per heavy atom. The number of alkyl carbamates (subject to hydrolysis) is 2. The zero-order chi connectivity index (χ0) is 38.9. The van der Waals surface area contributed by atoms with Gasteiger partial charge in [-0.1, -0.05) is 100 Å². The van der Waals surface area contributed by atoms with Gasteiger partial charge in [-0.25, -0.2) is 9.59 Å². The molecule has 2 aromatic heterocycles. The van der Waals surface area contributed by atoms with Gasteiger partial charge in [-0.3, -0.25) is 19.6 Å². The molecular formula is C41H50N6O7. The van der Waals surface area contributed by atoms with Crippen LogP contribution in [0.25, 0.3) is 0 Å². The molecule has 0 fully saturated rings. The van der Waals surface area contributed by atoms with Crippen molar-refractivity contribution in [3.05, 3.63) is 132 Å². The van der Waals surface area contributed by atoms with Crippen LogP contribution in [-0.2, 0) is 45.1 Å². The lowest BCUT2D eigenvalue weighted by molar-refractivity contribution is -0.126. The molecule has 4 rings (SSSR count). The van der Waals surface area contributed by atoms with E-state index in [1.165, 1.54) is 0 Å². The van der Waals surface area contributed by atoms with Crippen LogP contribution >= 0.6 is 0 Å². The summed E-state index contributed by atoms with van der Waals surface area (Å²) in [7, 11) is 0. The summed E-state index contributed by atoms with van der Waals surface area (Å²) in [5.41, 5.74) is 2.75. The van der Waals surface area contributed by atoms with Crippen LogP contribution in [0.15, 0.2) is 109 Å². The summed E-state index contributed by atoms with van der Waals surface area (Å²) in [5, 5.41) is 23.4. The molecule has 0 bridgehead atoms. The highest BCUT2D eigenvalue weighted by atomic mass is 16.6. The third-order valence-electron chi connectivity index (χ3n) is 8.68. The van der Waals surface area contributed by atoms with E-state index in [0.29, 0.717) is 11.4 Å². The van der Waals surface area contributed by atoms with E-state index in [-0.39, 0.29) is 37.9 Å². The molecule has 0 aliphatic rings. The van der Waals surface area contributed by atoms with Gasteiger partial charge in [0.05, 0.1) is 29.6 Å². The van der Waals surface area contributed by atoms with Gasteiger partial charge in [0.15, 0.2) is 0 Å². The van der Waals surface area contributed by atoms with E-state index in [4.69, 9.17) is 9.47 Å². The van der Waals surface area contributed by atoms with E-state index in [1.54, 1.807) is 76.5 Å². The average Bonchev–Trinajstić information content (AvgIpc) is 3.17. The summed E-state index contributed by atoms with van der Waals surface area (Å²) in [6.45, 7) is 6.97. The minimum atomic E-state index is -1.33. The van der Waals surface area contributed by atoms with Gasteiger partial charge in [0.2, 0.25) is 11.8 Å². The summed E-state index contributed by atoms with van der Waals surface area (Å²) in [6.07, 6.45) is 0.664. The zero-order valence-corrected chi connectivity index (χ0v) is 31.1. The summed E-state index contributed by atoms with van der Waals surface area (Å²) >= 11 is 0. The summed E-state index contributed by atoms with van der Waals surface area (Å²) in [5.74, 6) is -1.78. The maximum absolute atomic E-state index is 13.9. The van der Waals surface area contributed by atoms with Crippen LogP contribution < -0.4 is 21.3 Å². The predicted octanol–water partition coefficient (Wildman–Crippen LogP) is 4.49. The van der Waals surface area contributed by atoms with E-state index in [2.05, 4.69) is 31.2 Å². The first-order valence-electron chi connectivity index (χ1n) is 18.0. The van der Waals surface area contributed by atoms with Gasteiger partial charge in [0.25, 0.3) is 0 Å². The molecule has 2 aromatic carbocycles. The fourth-order valence-electron chi connectivity index (χ4n) is 5.73. The lowest BCUT2D eigenvalue weighted by atomic mass is 9.91. The van der Waals surface area contributed by atoms with Gasteiger partial charge in [-0.05, 0) is 60.1 Å². The lowest BCUT2D eigenvalue weighted by Crippen LogP contribution is -2.61. The van der Waals surface area contributed by atoms with Crippen LogP contribution in [0.5, 0.6) is 0 Å². The molecular weight excluding hydrogens is 688 g/mol. The molecule has 0 aliphatic carbocycles. The molecule has 0 spiro atoms. The van der Waals surface area contributed by atoms with E-state index in [0.717, 1.165) is 11.1 Å². The molecule has 0 saturated carbocycles. The maximum Gasteiger partial charge on any atom is 0.408 e. The van der Waals surface area contributed by atoms with Gasteiger partial charge in [-0.15, -0.1) is 0 Å². The van der Waals surface area contributed by atoms with Crippen LogP contribution in [0.1, 0.15) is 50.2 Å². The van der Waals surface area contributed by atoms with Crippen molar-refractivity contribution in [2.24, 2.45) is 11.8 Å². The number of carbonyl (C=O) groups excluding carboxylic acids is 4. The molecule has 0 saturated heterocycles. The fourth-order valence-corrected chi connectivity index (χ4v) is 5.73. The van der Waals surface area contributed by atoms with Crippen molar-refractivity contribution in [1.82, 2.24) is 31.2 Å². The number of aromatic nitrogens is 2. The molecule has 0 radical (unpaired) electrons. The maximum atomic E-state index is 13.9. The van der Waals surface area contributed by atoms with Gasteiger partial charge >= 0.3 is 12.2 Å². The first-order valence-corrected chi connectivity index (χ1v) is 18.0. The quantitative estimate of drug-likeness (QED) is 0.0983. The number of benzene rings is 2. The van der Waals surface area contributed by atoms with Gasteiger partial charge in [0.1, 0.15) is 25.3 Å². The first-order chi connectivity index (χ1) is 26.0. The Morgan fingerprint density at radius 2 is 0.926 bits per heavy atom. The number of aliphatic hydroxyl groups excluding tert-OH is 1. The molecule has 0 aliphatic heterocycles. The minimum Gasteiger partial charge on any atom is -0.443 e. The molecule has 2 heterocycles. The monoisotopic (exact) mass is 738 g/mol. The van der Waals surface area contributed by atoms with Crippen molar-refractivity contribution in [3.63, 3.8) is 0 Å². The molecule has 13 heteroatoms. The second-order valence-corrected chi connectivity index (χ2v) is 13.6. The SMILES string of the molecule is CC(C)[C@H](NC(=O)OCc1ccccn1)C(=O)N[C@@H](Cc1ccccc1)C(O)[C@H](Cc1ccccc1)NC(=O)[C@H](NC(=O)OCc1ccccn1)C(C)C. The Morgan fingerprint density at radius 1 is 0.556 bits per heavy atom. The first kappa shape index (κ1) is 40.9. The Balaban J connectivity index is 1.54. The molecule has 13 nitrogen and oxygen atoms in total. The Kier molecular flexibility index (Phi) is 15.9. The number of carbonyl (C=O) groups is 4. The molecule has 5 atom stereocenters. The highest BCUT2D eigenvalue weighted by Crippen LogP contribution is 2.16. The lowest BCUT2D eigenvalue weighted by Gasteiger charge is -2.34. The van der Waals surface area contributed by atoms with Crippen LogP contribution in [0.4, 0.5) is 9.59 Å². The summed E-state index contributed by atoms with van der Waals surface area (Å²) in [4.78, 5) is 61.8. The molecule has 1 unspecified atom stereocenters. The fraction of sp³-hybridized carbons (Fsp3) is 0.366. The number of pyridine rings is 2. The van der Waals surface area contributed by atoms with E-state index >= 15 is 0 Å². The third kappa shape index (κ3) is 13.3. The van der Waals surface area contributed by atoms with Crippen molar-refractivity contribution < 1.29 is 33.8 Å². The Bertz CT molecular complexity index is 1620. The number of rotatable bonds is 18. The molecule has 5 N–H and O–H groups in total. The molecule has 4 aromatic rings. The second kappa shape index (κ2) is 21.0. The van der Waals surface area contributed by atoms with Crippen molar-refractivity contribution >= 4 is 24.0 Å². The predicted molar refractivity (Wildman–Crippen MR) is 203 cm³/mol. The van der Waals surface area contributed by atoms with Crippen LogP contribution in [-0.4, -0.2) is 69.3 Å². The molecule has 286 valence electrons. The van der Waals surface area contributed by atoms with Crippen LogP contribution in [0, 0.1) is 11.8 Å². The minimum absolute atomic E-state index is 0.0799. The van der Waals surface area contributed by atoms with Crippen molar-refractivity contribution in [2.45, 2.75) is 84.0 Å². The number of hydrogen-bond acceptors (Lipinski definition) is 9. The smallest absolute Gasteiger partial charge is 0.408 e. The summed E-state index contributed by atoms with van der Waals surface area (Å²) < 4.78 is 10.7. The Labute approximate surface area is 316 Å². The topological polar surface area (TPSA) is 181 Å². The van der Waals surface area contributed by atoms with E-state index in [9.17, 15) is 24.3 Å². The number of ether oxygens (including phenoxy) is 2. The van der Waals surface area contributed by atoms with Gasteiger partial charge < -0.3 is 35.8 Å². The largest absolute Gasteiger partial charge is 0.443 e. The average molecular weight is 739 g/mol. The number of aliphatic hydroxyl groups is 1. The zero-order valence-electron chi connectivity index (χ0n) is 31.1. The van der Waals surface area contributed by atoms with Crippen LogP contribution in [0.2, 0.25) is 0 Å². The normalized spacial score (nSPS) is 13.8. The third-order valence-corrected chi connectivity index (χ3v) is 8.68. The number of nitrogens with zero attached hydrogens (tertiary/aromatic N) is 2. The summed E-state index contributed by atoms with van der Waals surface area (Å²) in [6, 6.07) is 25.3. The number of hydrogen-bond donors (Lipinski definition) is 5. The number of amides is 4. The van der Waals surface area contributed by atoms with Crippen LogP contribution in [0.3, 0.4) is 0 Å². The second-order valence-electron chi connectivity index (χ2n) is 13.6.